The number of nitrogens with one attached hydrogen (secondary N) is 1. The van der Waals surface area contributed by atoms with Crippen LogP contribution in [0.25, 0.3) is 0 Å². The molecule has 0 fully saturated rings. The van der Waals surface area contributed by atoms with Crippen molar-refractivity contribution in [2.75, 3.05) is 0 Å². The van der Waals surface area contributed by atoms with Gasteiger partial charge in [0.05, 0.1) is 12.2 Å². The summed E-state index contributed by atoms with van der Waals surface area (Å²) >= 11 is 0. The molecule has 0 aliphatic heterocycles. The number of ether oxygens (including phenoxy) is 1. The summed E-state index contributed by atoms with van der Waals surface area (Å²) in [4.78, 5) is 0. The third-order valence-corrected chi connectivity index (χ3v) is 3.02. The van der Waals surface area contributed by atoms with E-state index in [0.29, 0.717) is 0 Å². The van der Waals surface area contributed by atoms with Gasteiger partial charge in [0.2, 0.25) is 0 Å². The molecule has 0 spiro atoms. The number of hydrogen-bond acceptors (Lipinski definition) is 4. The predicted molar refractivity (Wildman–Crippen MR) is 74.8 cm³/mol. The van der Waals surface area contributed by atoms with E-state index in [1.165, 1.54) is 12.1 Å². The van der Waals surface area contributed by atoms with Crippen LogP contribution in [0.1, 0.15) is 30.5 Å². The number of hydrogen-bond donors (Lipinski definition) is 2. The monoisotopic (exact) mass is 296 g/mol. The number of benzene rings is 1. The van der Waals surface area contributed by atoms with E-state index in [1.54, 1.807) is 18.3 Å². The van der Waals surface area contributed by atoms with Crippen LogP contribution in [-0.2, 0) is 6.54 Å². The summed E-state index contributed by atoms with van der Waals surface area (Å²) in [5.41, 5.74) is 4.26. The molecule has 0 saturated carbocycles. The van der Waals surface area contributed by atoms with Gasteiger partial charge in [-0.2, -0.15) is 13.9 Å². The molecule has 1 aromatic carbocycles. The molecule has 114 valence electrons. The van der Waals surface area contributed by atoms with Crippen LogP contribution in [0.4, 0.5) is 8.78 Å². The second-order valence-electron chi connectivity index (χ2n) is 4.59. The van der Waals surface area contributed by atoms with Crippen molar-refractivity contribution >= 4 is 0 Å². The lowest BCUT2D eigenvalue weighted by molar-refractivity contribution is -0.0498. The smallest absolute Gasteiger partial charge is 0.387 e. The minimum atomic E-state index is -2.85. The Kier molecular flexibility index (Phi) is 5.24. The molecular formula is C14H18F2N4O. The van der Waals surface area contributed by atoms with Crippen molar-refractivity contribution < 1.29 is 13.5 Å². The highest BCUT2D eigenvalue weighted by atomic mass is 19.3. The van der Waals surface area contributed by atoms with Crippen LogP contribution in [0.15, 0.2) is 36.7 Å². The van der Waals surface area contributed by atoms with E-state index in [0.717, 1.165) is 24.1 Å². The van der Waals surface area contributed by atoms with Crippen LogP contribution in [-0.4, -0.2) is 16.4 Å². The summed E-state index contributed by atoms with van der Waals surface area (Å²) in [6.07, 6.45) is 4.56. The number of hydrazine groups is 1. The molecule has 0 radical (unpaired) electrons. The first kappa shape index (κ1) is 15.4. The zero-order valence-corrected chi connectivity index (χ0v) is 11.7. The lowest BCUT2D eigenvalue weighted by Crippen LogP contribution is -2.28. The van der Waals surface area contributed by atoms with Crippen molar-refractivity contribution in [3.63, 3.8) is 0 Å². The number of nitrogens with zero attached hydrogens (tertiary/aromatic N) is 2. The summed E-state index contributed by atoms with van der Waals surface area (Å²) in [6.45, 7) is 0.0219. The molecule has 0 amide bonds. The topological polar surface area (TPSA) is 65.1 Å². The maximum atomic E-state index is 12.3. The molecule has 0 aliphatic rings. The van der Waals surface area contributed by atoms with E-state index in [9.17, 15) is 8.78 Å². The van der Waals surface area contributed by atoms with E-state index in [4.69, 9.17) is 5.84 Å². The quantitative estimate of drug-likeness (QED) is 0.608. The van der Waals surface area contributed by atoms with Gasteiger partial charge in [-0.25, -0.2) is 5.43 Å². The summed E-state index contributed by atoms with van der Waals surface area (Å²) in [5.74, 6) is 5.70. The Morgan fingerprint density at radius 2 is 2.19 bits per heavy atom. The second kappa shape index (κ2) is 7.14. The fraction of sp³-hybridized carbons (Fsp3) is 0.357. The molecule has 1 unspecified atom stereocenters. The minimum Gasteiger partial charge on any atom is -0.435 e. The highest BCUT2D eigenvalue weighted by Crippen LogP contribution is 2.25. The molecule has 0 saturated heterocycles. The van der Waals surface area contributed by atoms with Gasteiger partial charge >= 0.3 is 6.61 Å². The van der Waals surface area contributed by atoms with E-state index in [1.807, 2.05) is 10.9 Å². The standard InChI is InChI=1S/C14H18F2N4O/c1-2-6-20-9-11(8-18-20)13(19-17)10-4-3-5-12(7-10)21-14(15)16/h3-5,7-9,13-14,19H,2,6,17H2,1H3. The maximum absolute atomic E-state index is 12.3. The van der Waals surface area contributed by atoms with Gasteiger partial charge in [0, 0.05) is 18.3 Å². The Balaban J connectivity index is 2.23. The van der Waals surface area contributed by atoms with Gasteiger partial charge in [0.15, 0.2) is 0 Å². The molecule has 1 atom stereocenters. The average molecular weight is 296 g/mol. The maximum Gasteiger partial charge on any atom is 0.387 e. The Labute approximate surface area is 121 Å². The van der Waals surface area contributed by atoms with Gasteiger partial charge < -0.3 is 4.74 Å². The first-order valence-electron chi connectivity index (χ1n) is 6.67. The molecule has 0 bridgehead atoms. The van der Waals surface area contributed by atoms with Gasteiger partial charge in [0.1, 0.15) is 5.75 Å². The van der Waals surface area contributed by atoms with Gasteiger partial charge in [-0.05, 0) is 24.1 Å². The van der Waals surface area contributed by atoms with Crippen molar-refractivity contribution in [3.05, 3.63) is 47.8 Å². The minimum absolute atomic E-state index is 0.101. The van der Waals surface area contributed by atoms with Crippen molar-refractivity contribution in [1.29, 1.82) is 0 Å². The first-order valence-corrected chi connectivity index (χ1v) is 6.67. The second-order valence-corrected chi connectivity index (χ2v) is 4.59. The Morgan fingerprint density at radius 1 is 1.38 bits per heavy atom. The van der Waals surface area contributed by atoms with Crippen molar-refractivity contribution in [2.24, 2.45) is 5.84 Å². The van der Waals surface area contributed by atoms with E-state index >= 15 is 0 Å². The normalized spacial score (nSPS) is 12.6. The van der Waals surface area contributed by atoms with Crippen LogP contribution in [0.3, 0.4) is 0 Å². The van der Waals surface area contributed by atoms with Gasteiger partial charge in [-0.3, -0.25) is 10.5 Å². The zero-order valence-electron chi connectivity index (χ0n) is 11.7. The summed E-state index contributed by atoms with van der Waals surface area (Å²) in [6, 6.07) is 6.11. The largest absolute Gasteiger partial charge is 0.435 e. The highest BCUT2D eigenvalue weighted by molar-refractivity contribution is 5.35. The fourth-order valence-corrected chi connectivity index (χ4v) is 2.14. The molecule has 1 heterocycles. The zero-order chi connectivity index (χ0) is 15.2. The SMILES string of the molecule is CCCn1cc(C(NN)c2cccc(OC(F)F)c2)cn1. The summed E-state index contributed by atoms with van der Waals surface area (Å²) in [5, 5.41) is 4.24. The molecule has 5 nitrogen and oxygen atoms in total. The van der Waals surface area contributed by atoms with E-state index < -0.39 is 6.61 Å². The molecule has 7 heteroatoms. The Hall–Kier alpha value is -1.99. The average Bonchev–Trinajstić information content (AvgIpc) is 2.88. The molecule has 2 rings (SSSR count). The molecule has 2 aromatic rings. The number of aryl methyl sites for hydroxylation is 1. The number of alkyl halides is 2. The summed E-state index contributed by atoms with van der Waals surface area (Å²) in [7, 11) is 0. The van der Waals surface area contributed by atoms with Crippen molar-refractivity contribution in [1.82, 2.24) is 15.2 Å². The number of nitrogens with two attached hydrogens (primary N) is 1. The number of halogens is 2. The van der Waals surface area contributed by atoms with Crippen LogP contribution in [0.2, 0.25) is 0 Å². The predicted octanol–water partition coefficient (Wildman–Crippen LogP) is 2.45. The van der Waals surface area contributed by atoms with Crippen molar-refractivity contribution in [3.8, 4) is 5.75 Å². The lowest BCUT2D eigenvalue weighted by atomic mass is 10.0. The highest BCUT2D eigenvalue weighted by Gasteiger charge is 2.16. The number of aromatic nitrogens is 2. The number of rotatable bonds is 7. The first-order chi connectivity index (χ1) is 10.1. The lowest BCUT2D eigenvalue weighted by Gasteiger charge is -2.15. The molecule has 0 aliphatic carbocycles. The molecule has 21 heavy (non-hydrogen) atoms. The van der Waals surface area contributed by atoms with Crippen LogP contribution >= 0.6 is 0 Å². The Morgan fingerprint density at radius 3 is 2.86 bits per heavy atom. The fourth-order valence-electron chi connectivity index (χ4n) is 2.14. The van der Waals surface area contributed by atoms with Crippen LogP contribution in [0, 0.1) is 0 Å². The van der Waals surface area contributed by atoms with Crippen LogP contribution < -0.4 is 16.0 Å². The third-order valence-electron chi connectivity index (χ3n) is 3.02. The van der Waals surface area contributed by atoms with Gasteiger partial charge in [0.25, 0.3) is 0 Å². The van der Waals surface area contributed by atoms with Gasteiger partial charge in [-0.15, -0.1) is 0 Å². The molecular weight excluding hydrogens is 278 g/mol. The summed E-state index contributed by atoms with van der Waals surface area (Å²) < 4.78 is 30.8. The third kappa shape index (κ3) is 3.99. The van der Waals surface area contributed by atoms with E-state index in [-0.39, 0.29) is 11.8 Å². The van der Waals surface area contributed by atoms with Gasteiger partial charge in [-0.1, -0.05) is 19.1 Å². The molecule has 3 N–H and O–H groups in total. The Bertz CT molecular complexity index is 574. The van der Waals surface area contributed by atoms with Crippen LogP contribution in [0.5, 0.6) is 5.75 Å². The van der Waals surface area contributed by atoms with Crippen molar-refractivity contribution in [2.45, 2.75) is 32.5 Å². The molecule has 1 aromatic heterocycles. The van der Waals surface area contributed by atoms with E-state index in [2.05, 4.69) is 22.2 Å².